The maximum absolute atomic E-state index is 12.4. The van der Waals surface area contributed by atoms with Crippen LogP contribution in [0.2, 0.25) is 0 Å². The summed E-state index contributed by atoms with van der Waals surface area (Å²) in [6.45, 7) is 6.94. The van der Waals surface area contributed by atoms with Gasteiger partial charge in [-0.15, -0.1) is 0 Å². The number of guanidine groups is 1. The van der Waals surface area contributed by atoms with E-state index in [1.165, 1.54) is 12.8 Å². The third kappa shape index (κ3) is 7.39. The van der Waals surface area contributed by atoms with Gasteiger partial charge in [0.15, 0.2) is 5.96 Å². The van der Waals surface area contributed by atoms with Crippen molar-refractivity contribution in [3.63, 3.8) is 0 Å². The number of nitrogens with zero attached hydrogens (tertiary/aromatic N) is 2. The molecule has 2 atom stereocenters. The van der Waals surface area contributed by atoms with E-state index in [9.17, 15) is 4.21 Å². The van der Waals surface area contributed by atoms with Crippen molar-refractivity contribution in [1.29, 1.82) is 0 Å². The Hall–Kier alpha value is -1.44. The Morgan fingerprint density at radius 3 is 2.72 bits per heavy atom. The summed E-state index contributed by atoms with van der Waals surface area (Å²) < 4.78 is 24.3. The molecule has 1 aromatic rings. The molecule has 2 fully saturated rings. The zero-order valence-electron chi connectivity index (χ0n) is 17.6. The maximum Gasteiger partial charge on any atom is 0.193 e. The van der Waals surface area contributed by atoms with E-state index >= 15 is 0 Å². The topological polar surface area (TPSA) is 63.2 Å². The molecule has 0 aromatic heterocycles. The van der Waals surface area contributed by atoms with Crippen LogP contribution in [-0.2, 0) is 20.3 Å². The molecule has 162 valence electrons. The van der Waals surface area contributed by atoms with Crippen molar-refractivity contribution in [2.24, 2.45) is 4.99 Å². The predicted octanol–water partition coefficient (Wildman–Crippen LogP) is 2.81. The Balaban J connectivity index is 1.42. The molecule has 2 aliphatic heterocycles. The zero-order valence-corrected chi connectivity index (χ0v) is 18.4. The van der Waals surface area contributed by atoms with Gasteiger partial charge in [0, 0.05) is 36.9 Å². The Morgan fingerprint density at radius 1 is 1.24 bits per heavy atom. The van der Waals surface area contributed by atoms with Gasteiger partial charge in [-0.1, -0.05) is 18.2 Å². The molecular weight excluding hydrogens is 386 g/mol. The first kappa shape index (κ1) is 22.2. The molecule has 29 heavy (non-hydrogen) atoms. The van der Waals surface area contributed by atoms with Gasteiger partial charge in [-0.2, -0.15) is 0 Å². The third-order valence-electron chi connectivity index (χ3n) is 5.41. The lowest BCUT2D eigenvalue weighted by molar-refractivity contribution is -0.0721. The third-order valence-corrected chi connectivity index (χ3v) is 6.76. The van der Waals surface area contributed by atoms with Crippen LogP contribution in [0.4, 0.5) is 0 Å². The molecule has 0 spiro atoms. The lowest BCUT2D eigenvalue weighted by Crippen LogP contribution is -2.47. The summed E-state index contributed by atoms with van der Waals surface area (Å²) in [5, 5.41) is 3.38. The zero-order chi connectivity index (χ0) is 20.3. The van der Waals surface area contributed by atoms with Crippen LogP contribution in [0.3, 0.4) is 0 Å². The van der Waals surface area contributed by atoms with Crippen molar-refractivity contribution in [3.8, 4) is 0 Å². The molecule has 2 saturated heterocycles. The molecule has 7 heteroatoms. The van der Waals surface area contributed by atoms with Gasteiger partial charge in [0.1, 0.15) is 0 Å². The highest BCUT2D eigenvalue weighted by atomic mass is 32.2. The summed E-state index contributed by atoms with van der Waals surface area (Å²) in [6, 6.07) is 9.61. The molecule has 0 bridgehead atoms. The summed E-state index contributed by atoms with van der Waals surface area (Å²) in [7, 11) is -1.01. The number of hydrogen-bond donors (Lipinski definition) is 1. The Labute approximate surface area is 177 Å². The normalized spacial score (nSPS) is 22.4. The second-order valence-electron chi connectivity index (χ2n) is 7.61. The van der Waals surface area contributed by atoms with Gasteiger partial charge >= 0.3 is 0 Å². The van der Waals surface area contributed by atoms with E-state index in [1.54, 1.807) is 0 Å². The van der Waals surface area contributed by atoms with Crippen molar-refractivity contribution < 1.29 is 13.7 Å². The maximum atomic E-state index is 12.4. The second kappa shape index (κ2) is 12.3. The SMILES string of the molecule is CCNC(=NCCS(=O)c1ccccc1)N1CCC(OCC2CCCCO2)CC1. The minimum atomic E-state index is -1.01. The average Bonchev–Trinajstić information content (AvgIpc) is 2.79. The molecular formula is C22H35N3O3S. The van der Waals surface area contributed by atoms with Gasteiger partial charge in [-0.05, 0) is 51.2 Å². The van der Waals surface area contributed by atoms with E-state index in [0.717, 1.165) is 63.0 Å². The summed E-state index contributed by atoms with van der Waals surface area (Å²) in [4.78, 5) is 7.89. The Kier molecular flexibility index (Phi) is 9.44. The average molecular weight is 422 g/mol. The van der Waals surface area contributed by atoms with Crippen molar-refractivity contribution in [2.45, 2.75) is 56.1 Å². The second-order valence-corrected chi connectivity index (χ2v) is 9.18. The fraction of sp³-hybridized carbons (Fsp3) is 0.682. The van der Waals surface area contributed by atoms with Crippen molar-refractivity contribution in [1.82, 2.24) is 10.2 Å². The van der Waals surface area contributed by atoms with Gasteiger partial charge in [-0.25, -0.2) is 0 Å². The smallest absolute Gasteiger partial charge is 0.193 e. The molecule has 0 amide bonds. The van der Waals surface area contributed by atoms with Gasteiger partial charge < -0.3 is 19.7 Å². The van der Waals surface area contributed by atoms with E-state index in [2.05, 4.69) is 17.1 Å². The first-order chi connectivity index (χ1) is 14.3. The highest BCUT2D eigenvalue weighted by Gasteiger charge is 2.23. The van der Waals surface area contributed by atoms with Crippen molar-refractivity contribution >= 4 is 16.8 Å². The minimum Gasteiger partial charge on any atom is -0.376 e. The number of hydrogen-bond acceptors (Lipinski definition) is 4. The van der Waals surface area contributed by atoms with E-state index in [-0.39, 0.29) is 6.10 Å². The first-order valence-electron chi connectivity index (χ1n) is 11.0. The molecule has 0 saturated carbocycles. The van der Waals surface area contributed by atoms with Crippen LogP contribution >= 0.6 is 0 Å². The molecule has 3 rings (SSSR count). The Bertz CT molecular complexity index is 642. The molecule has 2 heterocycles. The lowest BCUT2D eigenvalue weighted by atomic mass is 10.1. The van der Waals surface area contributed by atoms with Gasteiger partial charge in [0.25, 0.3) is 0 Å². The quantitative estimate of drug-likeness (QED) is 0.517. The fourth-order valence-corrected chi connectivity index (χ4v) is 4.72. The van der Waals surface area contributed by atoms with E-state index < -0.39 is 10.8 Å². The molecule has 0 radical (unpaired) electrons. The number of aliphatic imine (C=N–C) groups is 1. The van der Waals surface area contributed by atoms with Crippen molar-refractivity contribution in [3.05, 3.63) is 30.3 Å². The number of benzene rings is 1. The summed E-state index contributed by atoms with van der Waals surface area (Å²) in [5.41, 5.74) is 0. The van der Waals surface area contributed by atoms with Gasteiger partial charge in [0.2, 0.25) is 0 Å². The number of nitrogens with one attached hydrogen (secondary N) is 1. The van der Waals surface area contributed by atoms with E-state index in [1.807, 2.05) is 30.3 Å². The monoisotopic (exact) mass is 421 g/mol. The lowest BCUT2D eigenvalue weighted by Gasteiger charge is -2.35. The van der Waals surface area contributed by atoms with Crippen molar-refractivity contribution in [2.75, 3.05) is 45.1 Å². The number of piperidine rings is 1. The molecule has 0 aliphatic carbocycles. The number of ether oxygens (including phenoxy) is 2. The predicted molar refractivity (Wildman–Crippen MR) is 118 cm³/mol. The largest absolute Gasteiger partial charge is 0.376 e. The van der Waals surface area contributed by atoms with Crippen LogP contribution in [0.5, 0.6) is 0 Å². The minimum absolute atomic E-state index is 0.283. The van der Waals surface area contributed by atoms with Crippen LogP contribution in [0.15, 0.2) is 40.2 Å². The first-order valence-corrected chi connectivity index (χ1v) is 12.3. The Morgan fingerprint density at radius 2 is 2.03 bits per heavy atom. The molecule has 1 N–H and O–H groups in total. The van der Waals surface area contributed by atoms with Crippen LogP contribution in [-0.4, -0.2) is 72.4 Å². The van der Waals surface area contributed by atoms with E-state index in [4.69, 9.17) is 14.5 Å². The van der Waals surface area contributed by atoms with Crippen LogP contribution < -0.4 is 5.32 Å². The molecule has 2 aliphatic rings. The molecule has 2 unspecified atom stereocenters. The summed E-state index contributed by atoms with van der Waals surface area (Å²) in [6.07, 6.45) is 6.17. The number of likely N-dealkylation sites (tertiary alicyclic amines) is 1. The molecule has 6 nitrogen and oxygen atoms in total. The van der Waals surface area contributed by atoms with Gasteiger partial charge in [0.05, 0.1) is 36.2 Å². The highest BCUT2D eigenvalue weighted by Crippen LogP contribution is 2.18. The van der Waals surface area contributed by atoms with Gasteiger partial charge in [-0.3, -0.25) is 9.20 Å². The summed E-state index contributed by atoms with van der Waals surface area (Å²) >= 11 is 0. The standard InChI is InChI=1S/C22H35N3O3S/c1-2-23-22(24-13-17-29(26)21-9-4-3-5-10-21)25-14-11-19(12-15-25)28-18-20-8-6-7-16-27-20/h3-5,9-10,19-20H,2,6-8,11-18H2,1H3,(H,23,24). The van der Waals surface area contributed by atoms with Crippen LogP contribution in [0, 0.1) is 0 Å². The van der Waals surface area contributed by atoms with Crippen LogP contribution in [0.25, 0.3) is 0 Å². The van der Waals surface area contributed by atoms with E-state index in [0.29, 0.717) is 18.4 Å². The van der Waals surface area contributed by atoms with Crippen LogP contribution in [0.1, 0.15) is 39.0 Å². The molecule has 1 aromatic carbocycles. The highest BCUT2D eigenvalue weighted by molar-refractivity contribution is 7.85. The summed E-state index contributed by atoms with van der Waals surface area (Å²) in [5.74, 6) is 1.46. The fourth-order valence-electron chi connectivity index (χ4n) is 3.77. The number of rotatable bonds is 8.